The maximum atomic E-state index is 13.2. The Balaban J connectivity index is 1.44. The number of sulfonamides is 1. The molecule has 0 N–H and O–H groups in total. The Morgan fingerprint density at radius 2 is 1.73 bits per heavy atom. The smallest absolute Gasteiger partial charge is 0.243 e. The molecule has 0 radical (unpaired) electrons. The number of aryl methyl sites for hydroxylation is 4. The molecule has 3 aromatic rings. The summed E-state index contributed by atoms with van der Waals surface area (Å²) in [6.45, 7) is 6.40. The highest BCUT2D eigenvalue weighted by Gasteiger charge is 2.31. The van der Waals surface area contributed by atoms with Crippen LogP contribution in [0.5, 0.6) is 0 Å². The number of unbranched alkanes of at least 4 members (excludes halogenated alkanes) is 1. The molecule has 2 aliphatic rings. The molecule has 0 bridgehead atoms. The molecule has 3 heterocycles. The van der Waals surface area contributed by atoms with Gasteiger partial charge in [0.25, 0.3) is 0 Å². The molecule has 176 valence electrons. The van der Waals surface area contributed by atoms with Crippen LogP contribution in [0.2, 0.25) is 0 Å². The van der Waals surface area contributed by atoms with Gasteiger partial charge in [-0.15, -0.1) is 11.3 Å². The molecule has 0 saturated carbocycles. The van der Waals surface area contributed by atoms with Crippen LogP contribution in [0, 0.1) is 6.92 Å². The van der Waals surface area contributed by atoms with E-state index in [4.69, 9.17) is 9.97 Å². The van der Waals surface area contributed by atoms with Gasteiger partial charge in [0.1, 0.15) is 16.5 Å². The number of fused-ring (bicyclic) bond motifs is 3. The van der Waals surface area contributed by atoms with E-state index in [1.54, 1.807) is 16.4 Å². The van der Waals surface area contributed by atoms with Crippen molar-refractivity contribution in [3.05, 3.63) is 46.1 Å². The number of hydrogen-bond donors (Lipinski definition) is 0. The van der Waals surface area contributed by atoms with Gasteiger partial charge in [0.15, 0.2) is 0 Å². The van der Waals surface area contributed by atoms with E-state index < -0.39 is 10.0 Å². The van der Waals surface area contributed by atoms with Gasteiger partial charge in [-0.05, 0) is 56.7 Å². The molecule has 6 nitrogen and oxygen atoms in total. The van der Waals surface area contributed by atoms with Crippen molar-refractivity contribution in [3.8, 4) is 0 Å². The second-order valence-corrected chi connectivity index (χ2v) is 12.2. The minimum absolute atomic E-state index is 0.375. The molecule has 0 atom stereocenters. The average Bonchev–Trinajstić information content (AvgIpc) is 3.21. The van der Waals surface area contributed by atoms with Gasteiger partial charge in [-0.25, -0.2) is 18.4 Å². The Morgan fingerprint density at radius 1 is 1.00 bits per heavy atom. The third kappa shape index (κ3) is 4.40. The summed E-state index contributed by atoms with van der Waals surface area (Å²) in [5, 5.41) is 1.23. The molecule has 1 aliphatic heterocycles. The fourth-order valence-electron chi connectivity index (χ4n) is 4.86. The van der Waals surface area contributed by atoms with Gasteiger partial charge in [-0.2, -0.15) is 4.31 Å². The van der Waals surface area contributed by atoms with Crippen molar-refractivity contribution in [3.63, 3.8) is 0 Å². The standard InChI is InChI=1S/C25H32N4O2S2/c1-3-4-9-22-26-24(23-20-7-5-6-8-21(20)32-25(23)27-22)28-14-16-29(17-15-28)33(30,31)19-12-10-18(2)11-13-19/h10-13H,3-9,14-17H2,1-2H3. The van der Waals surface area contributed by atoms with E-state index in [0.29, 0.717) is 31.1 Å². The van der Waals surface area contributed by atoms with Gasteiger partial charge in [-0.1, -0.05) is 31.0 Å². The van der Waals surface area contributed by atoms with Crippen LogP contribution in [-0.4, -0.2) is 48.9 Å². The van der Waals surface area contributed by atoms with Crippen LogP contribution < -0.4 is 4.90 Å². The summed E-state index contributed by atoms with van der Waals surface area (Å²) in [7, 11) is -3.47. The summed E-state index contributed by atoms with van der Waals surface area (Å²) >= 11 is 1.84. The van der Waals surface area contributed by atoms with Crippen molar-refractivity contribution in [2.24, 2.45) is 0 Å². The summed E-state index contributed by atoms with van der Waals surface area (Å²) in [5.74, 6) is 1.95. The van der Waals surface area contributed by atoms with E-state index in [1.165, 1.54) is 28.7 Å². The molecule has 1 fully saturated rings. The second-order valence-electron chi connectivity index (χ2n) is 9.16. The molecule has 33 heavy (non-hydrogen) atoms. The van der Waals surface area contributed by atoms with Crippen molar-refractivity contribution in [1.82, 2.24) is 14.3 Å². The molecular weight excluding hydrogens is 452 g/mol. The summed E-state index contributed by atoms with van der Waals surface area (Å²) in [5.41, 5.74) is 2.50. The number of anilines is 1. The number of thiophene rings is 1. The van der Waals surface area contributed by atoms with Crippen molar-refractivity contribution in [2.45, 2.75) is 63.7 Å². The Bertz CT molecular complexity index is 1240. The first kappa shape index (κ1) is 22.7. The van der Waals surface area contributed by atoms with Gasteiger partial charge in [0, 0.05) is 37.5 Å². The molecule has 8 heteroatoms. The van der Waals surface area contributed by atoms with E-state index in [9.17, 15) is 8.42 Å². The molecular formula is C25H32N4O2S2. The molecule has 0 spiro atoms. The molecule has 0 amide bonds. The first-order valence-corrected chi connectivity index (χ1v) is 14.4. The van der Waals surface area contributed by atoms with Crippen LogP contribution in [0.1, 0.15) is 54.4 Å². The lowest BCUT2D eigenvalue weighted by Gasteiger charge is -2.35. The monoisotopic (exact) mass is 484 g/mol. The topological polar surface area (TPSA) is 66.4 Å². The van der Waals surface area contributed by atoms with Crippen molar-refractivity contribution in [1.29, 1.82) is 0 Å². The lowest BCUT2D eigenvalue weighted by molar-refractivity contribution is 0.384. The van der Waals surface area contributed by atoms with Crippen LogP contribution in [0.25, 0.3) is 10.2 Å². The first-order chi connectivity index (χ1) is 16.0. The maximum Gasteiger partial charge on any atom is 0.243 e. The predicted octanol–water partition coefficient (Wildman–Crippen LogP) is 4.73. The van der Waals surface area contributed by atoms with E-state index in [1.807, 2.05) is 30.4 Å². The van der Waals surface area contributed by atoms with Gasteiger partial charge in [-0.3, -0.25) is 0 Å². The van der Waals surface area contributed by atoms with E-state index in [2.05, 4.69) is 11.8 Å². The molecule has 0 unspecified atom stereocenters. The van der Waals surface area contributed by atoms with Crippen molar-refractivity contribution >= 4 is 37.4 Å². The van der Waals surface area contributed by atoms with Crippen LogP contribution in [0.15, 0.2) is 29.2 Å². The van der Waals surface area contributed by atoms with Crippen molar-refractivity contribution < 1.29 is 8.42 Å². The number of aromatic nitrogens is 2. The second kappa shape index (κ2) is 9.31. The van der Waals surface area contributed by atoms with Crippen LogP contribution in [0.4, 0.5) is 5.82 Å². The highest BCUT2D eigenvalue weighted by molar-refractivity contribution is 7.89. The molecule has 1 aliphatic carbocycles. The lowest BCUT2D eigenvalue weighted by atomic mass is 9.97. The number of piperazine rings is 1. The minimum atomic E-state index is -3.47. The summed E-state index contributed by atoms with van der Waals surface area (Å²) in [4.78, 5) is 15.3. The van der Waals surface area contributed by atoms with Crippen molar-refractivity contribution in [2.75, 3.05) is 31.1 Å². The Kier molecular flexibility index (Phi) is 6.42. The number of nitrogens with zero attached hydrogens (tertiary/aromatic N) is 4. The quantitative estimate of drug-likeness (QED) is 0.506. The zero-order valence-corrected chi connectivity index (χ0v) is 21.1. The highest BCUT2D eigenvalue weighted by Crippen LogP contribution is 2.40. The zero-order valence-electron chi connectivity index (χ0n) is 19.5. The van der Waals surface area contributed by atoms with E-state index in [-0.39, 0.29) is 0 Å². The molecule has 2 aromatic heterocycles. The fraction of sp³-hybridized carbons (Fsp3) is 0.520. The normalized spacial score (nSPS) is 17.5. The van der Waals surface area contributed by atoms with Crippen LogP contribution in [0.3, 0.4) is 0 Å². The van der Waals surface area contributed by atoms with Gasteiger partial charge >= 0.3 is 0 Å². The largest absolute Gasteiger partial charge is 0.353 e. The maximum absolute atomic E-state index is 13.2. The SMILES string of the molecule is CCCCc1nc(N2CCN(S(=O)(=O)c3ccc(C)cc3)CC2)c2c3c(sc2n1)CCCC3. The molecule has 1 aromatic carbocycles. The average molecular weight is 485 g/mol. The summed E-state index contributed by atoms with van der Waals surface area (Å²) in [6.07, 6.45) is 7.80. The Labute approximate surface area is 200 Å². The molecule has 1 saturated heterocycles. The van der Waals surface area contributed by atoms with Crippen LogP contribution >= 0.6 is 11.3 Å². The van der Waals surface area contributed by atoms with E-state index >= 15 is 0 Å². The number of rotatable bonds is 6. The minimum Gasteiger partial charge on any atom is -0.353 e. The van der Waals surface area contributed by atoms with E-state index in [0.717, 1.165) is 54.1 Å². The van der Waals surface area contributed by atoms with Gasteiger partial charge in [0.2, 0.25) is 10.0 Å². The fourth-order valence-corrected chi connectivity index (χ4v) is 7.55. The third-order valence-corrected chi connectivity index (χ3v) is 9.89. The first-order valence-electron chi connectivity index (χ1n) is 12.1. The number of hydrogen-bond acceptors (Lipinski definition) is 6. The third-order valence-electron chi connectivity index (χ3n) is 6.79. The van der Waals surface area contributed by atoms with Gasteiger partial charge < -0.3 is 4.90 Å². The van der Waals surface area contributed by atoms with Crippen LogP contribution in [-0.2, 0) is 29.3 Å². The Morgan fingerprint density at radius 3 is 2.45 bits per heavy atom. The summed E-state index contributed by atoms with van der Waals surface area (Å²) in [6, 6.07) is 7.14. The molecule has 5 rings (SSSR count). The highest BCUT2D eigenvalue weighted by atomic mass is 32.2. The predicted molar refractivity (Wildman–Crippen MR) is 135 cm³/mol. The lowest BCUT2D eigenvalue weighted by Crippen LogP contribution is -2.49. The van der Waals surface area contributed by atoms with Gasteiger partial charge in [0.05, 0.1) is 10.3 Å². The number of benzene rings is 1. The summed E-state index contributed by atoms with van der Waals surface area (Å²) < 4.78 is 27.9. The zero-order chi connectivity index (χ0) is 23.0. The Hall–Kier alpha value is -2.03.